The van der Waals surface area contributed by atoms with Crippen molar-refractivity contribution in [2.45, 2.75) is 12.7 Å². The van der Waals surface area contributed by atoms with Crippen molar-refractivity contribution in [1.29, 1.82) is 0 Å². The molecule has 0 aromatic carbocycles. The second-order valence-corrected chi connectivity index (χ2v) is 3.36. The minimum absolute atomic E-state index is 0.109. The highest BCUT2D eigenvalue weighted by molar-refractivity contribution is 5.48. The predicted molar refractivity (Wildman–Crippen MR) is 56.0 cm³/mol. The maximum atomic E-state index is 12.8. The number of halogens is 3. The van der Waals surface area contributed by atoms with Gasteiger partial charge in [-0.25, -0.2) is 19.9 Å². The van der Waals surface area contributed by atoms with Crippen molar-refractivity contribution in [3.8, 4) is 11.5 Å². The average molecular weight is 255 g/mol. The van der Waals surface area contributed by atoms with Crippen LogP contribution < -0.4 is 5.73 Å². The summed E-state index contributed by atoms with van der Waals surface area (Å²) in [5.41, 5.74) is 4.27. The maximum Gasteiger partial charge on any atom is 0.433 e. The van der Waals surface area contributed by atoms with Crippen molar-refractivity contribution in [2.75, 3.05) is 0 Å². The first kappa shape index (κ1) is 12.4. The van der Waals surface area contributed by atoms with E-state index in [1.54, 1.807) is 0 Å². The van der Waals surface area contributed by atoms with Gasteiger partial charge in [-0.3, -0.25) is 0 Å². The van der Waals surface area contributed by atoms with Crippen LogP contribution in [-0.4, -0.2) is 19.9 Å². The lowest BCUT2D eigenvalue weighted by Gasteiger charge is -2.11. The summed E-state index contributed by atoms with van der Waals surface area (Å²) in [5, 5.41) is 0. The maximum absolute atomic E-state index is 12.8. The van der Waals surface area contributed by atoms with E-state index in [0.717, 1.165) is 6.20 Å². The minimum Gasteiger partial charge on any atom is -0.326 e. The van der Waals surface area contributed by atoms with Crippen LogP contribution in [-0.2, 0) is 12.7 Å². The van der Waals surface area contributed by atoms with Crippen molar-refractivity contribution >= 4 is 0 Å². The molecule has 0 aliphatic rings. The van der Waals surface area contributed by atoms with E-state index < -0.39 is 11.9 Å². The quantitative estimate of drug-likeness (QED) is 0.877. The molecule has 0 amide bonds. The number of hydrogen-bond donors (Lipinski definition) is 1. The van der Waals surface area contributed by atoms with Gasteiger partial charge < -0.3 is 5.73 Å². The van der Waals surface area contributed by atoms with Crippen molar-refractivity contribution in [1.82, 2.24) is 19.9 Å². The molecule has 2 aromatic rings. The Kier molecular flexibility index (Phi) is 3.19. The van der Waals surface area contributed by atoms with E-state index in [9.17, 15) is 13.2 Å². The molecule has 0 spiro atoms. The third-order valence-electron chi connectivity index (χ3n) is 2.16. The largest absolute Gasteiger partial charge is 0.433 e. The van der Waals surface area contributed by atoms with E-state index in [4.69, 9.17) is 5.73 Å². The van der Waals surface area contributed by atoms with Crippen LogP contribution in [0.5, 0.6) is 0 Å². The Bertz CT molecular complexity index is 541. The van der Waals surface area contributed by atoms with Crippen molar-refractivity contribution in [3.63, 3.8) is 0 Å². The molecule has 2 N–H and O–H groups in total. The summed E-state index contributed by atoms with van der Waals surface area (Å²) in [5.74, 6) is -0.109. The second-order valence-electron chi connectivity index (χ2n) is 3.36. The number of rotatable bonds is 2. The zero-order valence-electron chi connectivity index (χ0n) is 9.02. The Morgan fingerprint density at radius 1 is 1.22 bits per heavy atom. The first-order valence-corrected chi connectivity index (χ1v) is 4.92. The second kappa shape index (κ2) is 4.65. The van der Waals surface area contributed by atoms with E-state index in [2.05, 4.69) is 19.9 Å². The molecular formula is C10H8F3N5. The van der Waals surface area contributed by atoms with Crippen molar-refractivity contribution in [3.05, 3.63) is 36.0 Å². The summed E-state index contributed by atoms with van der Waals surface area (Å²) in [6.07, 6.45) is -0.898. The zero-order chi connectivity index (χ0) is 13.2. The lowest BCUT2D eigenvalue weighted by atomic mass is 10.2. The summed E-state index contributed by atoms with van der Waals surface area (Å²) in [6, 6.07) is 1.43. The Labute approximate surface area is 99.9 Å². The Morgan fingerprint density at radius 2 is 2.00 bits per heavy atom. The fourth-order valence-electron chi connectivity index (χ4n) is 1.35. The summed E-state index contributed by atoms with van der Waals surface area (Å²) in [4.78, 5) is 14.8. The van der Waals surface area contributed by atoms with Gasteiger partial charge >= 0.3 is 6.18 Å². The van der Waals surface area contributed by atoms with Gasteiger partial charge in [-0.05, 0) is 6.07 Å². The fourth-order valence-corrected chi connectivity index (χ4v) is 1.35. The molecule has 0 atom stereocenters. The molecule has 0 unspecified atom stereocenters. The lowest BCUT2D eigenvalue weighted by Crippen LogP contribution is -2.16. The molecule has 0 saturated heterocycles. The van der Waals surface area contributed by atoms with E-state index in [1.165, 1.54) is 18.6 Å². The van der Waals surface area contributed by atoms with E-state index in [1.807, 2.05) is 0 Å². The van der Waals surface area contributed by atoms with Gasteiger partial charge in [0.05, 0.1) is 0 Å². The SMILES string of the molecule is NCc1cnc(-c2ccncn2)nc1C(F)(F)F. The molecule has 0 aliphatic carbocycles. The molecule has 8 heteroatoms. The van der Waals surface area contributed by atoms with Gasteiger partial charge in [0.15, 0.2) is 11.5 Å². The van der Waals surface area contributed by atoms with Crippen LogP contribution in [0.25, 0.3) is 11.5 Å². The highest BCUT2D eigenvalue weighted by Gasteiger charge is 2.35. The van der Waals surface area contributed by atoms with Crippen molar-refractivity contribution in [2.24, 2.45) is 5.73 Å². The third-order valence-corrected chi connectivity index (χ3v) is 2.16. The average Bonchev–Trinajstić information content (AvgIpc) is 2.38. The van der Waals surface area contributed by atoms with E-state index >= 15 is 0 Å². The number of aromatic nitrogens is 4. The molecule has 0 bridgehead atoms. The van der Waals surface area contributed by atoms with Gasteiger partial charge in [-0.2, -0.15) is 13.2 Å². The van der Waals surface area contributed by atoms with Crippen LogP contribution in [0.2, 0.25) is 0 Å². The highest BCUT2D eigenvalue weighted by Crippen LogP contribution is 2.30. The van der Waals surface area contributed by atoms with Gasteiger partial charge in [-0.15, -0.1) is 0 Å². The van der Waals surface area contributed by atoms with Crippen LogP contribution in [0.4, 0.5) is 13.2 Å². The number of hydrogen-bond acceptors (Lipinski definition) is 5. The van der Waals surface area contributed by atoms with E-state index in [0.29, 0.717) is 0 Å². The van der Waals surface area contributed by atoms with Gasteiger partial charge in [0, 0.05) is 24.5 Å². The topological polar surface area (TPSA) is 77.6 Å². The van der Waals surface area contributed by atoms with Crippen LogP contribution in [0.3, 0.4) is 0 Å². The van der Waals surface area contributed by atoms with Crippen LogP contribution in [0.15, 0.2) is 24.8 Å². The van der Waals surface area contributed by atoms with Gasteiger partial charge in [0.2, 0.25) is 0 Å². The first-order valence-electron chi connectivity index (χ1n) is 4.92. The summed E-state index contributed by atoms with van der Waals surface area (Å²) in [7, 11) is 0. The smallest absolute Gasteiger partial charge is 0.326 e. The molecule has 5 nitrogen and oxygen atoms in total. The molecule has 94 valence electrons. The highest BCUT2D eigenvalue weighted by atomic mass is 19.4. The van der Waals surface area contributed by atoms with Gasteiger partial charge in [0.25, 0.3) is 0 Å². The molecule has 0 aliphatic heterocycles. The summed E-state index contributed by atoms with van der Waals surface area (Å²) >= 11 is 0. The Hall–Kier alpha value is -2.09. The molecule has 2 heterocycles. The predicted octanol–water partition coefficient (Wildman–Crippen LogP) is 1.41. The first-order chi connectivity index (χ1) is 8.52. The molecule has 18 heavy (non-hydrogen) atoms. The number of nitrogens with two attached hydrogens (primary N) is 1. The fraction of sp³-hybridized carbons (Fsp3) is 0.200. The Morgan fingerprint density at radius 3 is 2.56 bits per heavy atom. The minimum atomic E-state index is -4.57. The molecule has 0 fully saturated rings. The van der Waals surface area contributed by atoms with E-state index in [-0.39, 0.29) is 23.6 Å². The number of nitrogens with zero attached hydrogens (tertiary/aromatic N) is 4. The summed E-state index contributed by atoms with van der Waals surface area (Å²) < 4.78 is 38.3. The lowest BCUT2D eigenvalue weighted by molar-refractivity contribution is -0.141. The number of alkyl halides is 3. The standard InChI is InChI=1S/C10H8F3N5/c11-10(12,13)8-6(3-14)4-16-9(18-8)7-1-2-15-5-17-7/h1-2,4-5H,3,14H2. The summed E-state index contributed by atoms with van der Waals surface area (Å²) in [6.45, 7) is -0.279. The van der Waals surface area contributed by atoms with Gasteiger partial charge in [-0.1, -0.05) is 0 Å². The molecule has 0 radical (unpaired) electrons. The molecule has 2 rings (SSSR count). The molecule has 0 saturated carbocycles. The normalized spacial score (nSPS) is 11.6. The monoisotopic (exact) mass is 255 g/mol. The molecular weight excluding hydrogens is 247 g/mol. The van der Waals surface area contributed by atoms with Gasteiger partial charge in [0.1, 0.15) is 12.0 Å². The zero-order valence-corrected chi connectivity index (χ0v) is 9.02. The van der Waals surface area contributed by atoms with Crippen LogP contribution >= 0.6 is 0 Å². The third kappa shape index (κ3) is 2.43. The Balaban J connectivity index is 2.53. The van der Waals surface area contributed by atoms with Crippen molar-refractivity contribution < 1.29 is 13.2 Å². The van der Waals surface area contributed by atoms with Crippen LogP contribution in [0, 0.1) is 0 Å². The molecule has 2 aromatic heterocycles. The van der Waals surface area contributed by atoms with Crippen LogP contribution in [0.1, 0.15) is 11.3 Å².